The first-order valence-electron chi connectivity index (χ1n) is 6.35. The Balaban J connectivity index is 2.58. The van der Waals surface area contributed by atoms with Gasteiger partial charge in [0.1, 0.15) is 4.60 Å². The molecule has 0 aliphatic rings. The van der Waals surface area contributed by atoms with E-state index in [4.69, 9.17) is 0 Å². The van der Waals surface area contributed by atoms with Crippen molar-refractivity contribution in [2.45, 2.75) is 40.5 Å². The number of halogens is 1. The summed E-state index contributed by atoms with van der Waals surface area (Å²) in [5.41, 5.74) is 0. The number of hydrogen-bond acceptors (Lipinski definition) is 3. The van der Waals surface area contributed by atoms with Crippen LogP contribution in [0.2, 0.25) is 0 Å². The Hall–Kier alpha value is -0.0900. The summed E-state index contributed by atoms with van der Waals surface area (Å²) in [6.07, 6.45) is 2.46. The Bertz CT molecular complexity index is 311. The van der Waals surface area contributed by atoms with Crippen LogP contribution in [-0.2, 0) is 0 Å². The number of anilines is 1. The van der Waals surface area contributed by atoms with Crippen LogP contribution in [0.1, 0.15) is 40.5 Å². The van der Waals surface area contributed by atoms with Gasteiger partial charge >= 0.3 is 0 Å². The molecule has 0 aliphatic carbocycles. The summed E-state index contributed by atoms with van der Waals surface area (Å²) >= 11 is 5.16. The van der Waals surface area contributed by atoms with Crippen LogP contribution in [0.15, 0.2) is 9.98 Å². The molecule has 1 heterocycles. The van der Waals surface area contributed by atoms with Gasteiger partial charge in [-0.2, -0.15) is 0 Å². The third kappa shape index (κ3) is 5.87. The third-order valence-corrected chi connectivity index (χ3v) is 4.30. The fraction of sp³-hybridized carbons (Fsp3) is 0.769. The first kappa shape index (κ1) is 15.0. The summed E-state index contributed by atoms with van der Waals surface area (Å²) < 4.78 is 0.955. The molecule has 1 aromatic heterocycles. The van der Waals surface area contributed by atoms with E-state index in [1.165, 1.54) is 12.8 Å². The second-order valence-corrected chi connectivity index (χ2v) is 6.95. The second kappa shape index (κ2) is 7.37. The number of thiazole rings is 1. The molecule has 0 radical (unpaired) electrons. The van der Waals surface area contributed by atoms with Gasteiger partial charge in [-0.25, -0.2) is 4.98 Å². The molecule has 0 amide bonds. The first-order chi connectivity index (χ1) is 7.99. The lowest BCUT2D eigenvalue weighted by Crippen LogP contribution is -2.27. The third-order valence-electron chi connectivity index (χ3n) is 2.69. The number of hydrogen-bond donors (Lipinski definition) is 0. The molecule has 17 heavy (non-hydrogen) atoms. The van der Waals surface area contributed by atoms with Crippen molar-refractivity contribution in [1.82, 2.24) is 4.98 Å². The van der Waals surface area contributed by atoms with Crippen molar-refractivity contribution in [3.05, 3.63) is 9.98 Å². The molecule has 1 rings (SSSR count). The topological polar surface area (TPSA) is 16.1 Å². The van der Waals surface area contributed by atoms with Gasteiger partial charge in [0.15, 0.2) is 5.13 Å². The van der Waals surface area contributed by atoms with Crippen molar-refractivity contribution in [2.75, 3.05) is 18.0 Å². The predicted octanol–water partition coefficient (Wildman–Crippen LogP) is 4.80. The van der Waals surface area contributed by atoms with E-state index in [0.717, 1.165) is 34.7 Å². The van der Waals surface area contributed by atoms with E-state index in [0.29, 0.717) is 0 Å². The van der Waals surface area contributed by atoms with Gasteiger partial charge in [0, 0.05) is 18.5 Å². The van der Waals surface area contributed by atoms with Crippen LogP contribution < -0.4 is 4.90 Å². The highest BCUT2D eigenvalue weighted by Crippen LogP contribution is 2.25. The molecule has 2 nitrogen and oxygen atoms in total. The summed E-state index contributed by atoms with van der Waals surface area (Å²) in [6, 6.07) is 0. The molecule has 98 valence electrons. The Morgan fingerprint density at radius 1 is 1.18 bits per heavy atom. The van der Waals surface area contributed by atoms with Gasteiger partial charge in [-0.05, 0) is 40.6 Å². The lowest BCUT2D eigenvalue weighted by Gasteiger charge is -2.23. The number of aromatic nitrogens is 1. The molecule has 4 heteroatoms. The molecule has 0 bridgehead atoms. The van der Waals surface area contributed by atoms with E-state index in [9.17, 15) is 0 Å². The standard InChI is InChI=1S/C13H23BrN2S/c1-10(2)5-7-16(8-6-11(3)4)13-15-12(14)9-17-13/h9-11H,5-8H2,1-4H3. The fourth-order valence-corrected chi connectivity index (χ4v) is 2.83. The van der Waals surface area contributed by atoms with E-state index >= 15 is 0 Å². The van der Waals surface area contributed by atoms with E-state index in [-0.39, 0.29) is 0 Å². The van der Waals surface area contributed by atoms with Gasteiger partial charge in [0.25, 0.3) is 0 Å². The van der Waals surface area contributed by atoms with Gasteiger partial charge < -0.3 is 4.90 Å². The maximum Gasteiger partial charge on any atom is 0.186 e. The Kier molecular flexibility index (Phi) is 6.49. The summed E-state index contributed by atoms with van der Waals surface area (Å²) in [4.78, 5) is 6.95. The number of rotatable bonds is 7. The molecule has 0 saturated carbocycles. The zero-order chi connectivity index (χ0) is 12.8. The van der Waals surface area contributed by atoms with Gasteiger partial charge in [-0.3, -0.25) is 0 Å². The van der Waals surface area contributed by atoms with E-state index in [1.807, 2.05) is 0 Å². The molecule has 0 fully saturated rings. The highest BCUT2D eigenvalue weighted by atomic mass is 79.9. The van der Waals surface area contributed by atoms with Crippen LogP contribution in [0, 0.1) is 11.8 Å². The van der Waals surface area contributed by atoms with Crippen molar-refractivity contribution in [3.8, 4) is 0 Å². The molecule has 0 spiro atoms. The van der Waals surface area contributed by atoms with Crippen molar-refractivity contribution >= 4 is 32.4 Å². The SMILES string of the molecule is CC(C)CCN(CCC(C)C)c1nc(Br)cs1. The van der Waals surface area contributed by atoms with Crippen LogP contribution >= 0.6 is 27.3 Å². The van der Waals surface area contributed by atoms with Gasteiger partial charge in [0.2, 0.25) is 0 Å². The zero-order valence-corrected chi connectivity index (χ0v) is 13.6. The maximum absolute atomic E-state index is 4.53. The quantitative estimate of drug-likeness (QED) is 0.717. The summed E-state index contributed by atoms with van der Waals surface area (Å²) in [5.74, 6) is 1.50. The summed E-state index contributed by atoms with van der Waals surface area (Å²) in [6.45, 7) is 11.3. The monoisotopic (exact) mass is 318 g/mol. The average molecular weight is 319 g/mol. The predicted molar refractivity (Wildman–Crippen MR) is 80.9 cm³/mol. The van der Waals surface area contributed by atoms with E-state index in [1.54, 1.807) is 11.3 Å². The van der Waals surface area contributed by atoms with Crippen molar-refractivity contribution in [3.63, 3.8) is 0 Å². The molecular formula is C13H23BrN2S. The minimum absolute atomic E-state index is 0.750. The lowest BCUT2D eigenvalue weighted by molar-refractivity contribution is 0.535. The Morgan fingerprint density at radius 2 is 1.71 bits per heavy atom. The van der Waals surface area contributed by atoms with Crippen molar-refractivity contribution in [1.29, 1.82) is 0 Å². The highest BCUT2D eigenvalue weighted by Gasteiger charge is 2.11. The lowest BCUT2D eigenvalue weighted by atomic mass is 10.1. The molecule has 0 atom stereocenters. The molecular weight excluding hydrogens is 296 g/mol. The van der Waals surface area contributed by atoms with Crippen LogP contribution in [0.5, 0.6) is 0 Å². The van der Waals surface area contributed by atoms with Gasteiger partial charge in [0.05, 0.1) is 0 Å². The minimum atomic E-state index is 0.750. The average Bonchev–Trinajstić information content (AvgIpc) is 2.64. The Morgan fingerprint density at radius 3 is 2.06 bits per heavy atom. The normalized spacial score (nSPS) is 11.5. The molecule has 0 aromatic carbocycles. The molecule has 0 aliphatic heterocycles. The largest absolute Gasteiger partial charge is 0.348 e. The maximum atomic E-state index is 4.53. The molecule has 0 saturated heterocycles. The van der Waals surface area contributed by atoms with E-state index in [2.05, 4.69) is 58.9 Å². The number of nitrogens with zero attached hydrogens (tertiary/aromatic N) is 2. The zero-order valence-electron chi connectivity index (χ0n) is 11.2. The van der Waals surface area contributed by atoms with Gasteiger partial charge in [-0.1, -0.05) is 27.7 Å². The van der Waals surface area contributed by atoms with Crippen molar-refractivity contribution < 1.29 is 0 Å². The second-order valence-electron chi connectivity index (χ2n) is 5.30. The highest BCUT2D eigenvalue weighted by molar-refractivity contribution is 9.10. The first-order valence-corrected chi connectivity index (χ1v) is 8.02. The van der Waals surface area contributed by atoms with Crippen LogP contribution in [0.25, 0.3) is 0 Å². The molecule has 0 unspecified atom stereocenters. The summed E-state index contributed by atoms with van der Waals surface area (Å²) in [7, 11) is 0. The molecule has 1 aromatic rings. The van der Waals surface area contributed by atoms with Crippen LogP contribution in [0.3, 0.4) is 0 Å². The minimum Gasteiger partial charge on any atom is -0.348 e. The summed E-state index contributed by atoms with van der Waals surface area (Å²) in [5, 5.41) is 3.21. The van der Waals surface area contributed by atoms with Crippen LogP contribution in [0.4, 0.5) is 5.13 Å². The fourth-order valence-electron chi connectivity index (χ4n) is 1.52. The molecule has 0 N–H and O–H groups in total. The Labute approximate surface area is 118 Å². The van der Waals surface area contributed by atoms with E-state index < -0.39 is 0 Å². The smallest absolute Gasteiger partial charge is 0.186 e. The van der Waals surface area contributed by atoms with Gasteiger partial charge in [-0.15, -0.1) is 11.3 Å². The van der Waals surface area contributed by atoms with Crippen molar-refractivity contribution in [2.24, 2.45) is 11.8 Å². The van der Waals surface area contributed by atoms with Crippen LogP contribution in [-0.4, -0.2) is 18.1 Å².